The van der Waals surface area contributed by atoms with Gasteiger partial charge >= 0.3 is 7.12 Å². The molecule has 0 saturated heterocycles. The monoisotopic (exact) mass is 490 g/mol. The van der Waals surface area contributed by atoms with Crippen LogP contribution in [-0.4, -0.2) is 31.4 Å². The summed E-state index contributed by atoms with van der Waals surface area (Å²) in [6, 6.07) is 30.9. The zero-order valence-electron chi connectivity index (χ0n) is 17.9. The number of benzene rings is 4. The van der Waals surface area contributed by atoms with Crippen LogP contribution >= 0.6 is 15.9 Å². The van der Waals surface area contributed by atoms with Crippen LogP contribution in [0.15, 0.2) is 102 Å². The van der Waals surface area contributed by atoms with E-state index in [0.717, 1.165) is 26.9 Å². The number of methoxy groups -OCH3 is 2. The number of hydrogen-bond donors (Lipinski definition) is 2. The molecule has 6 heteroatoms. The van der Waals surface area contributed by atoms with Crippen LogP contribution in [0.4, 0.5) is 0 Å². The first-order valence-corrected chi connectivity index (χ1v) is 10.8. The van der Waals surface area contributed by atoms with Gasteiger partial charge in [0.05, 0.1) is 14.2 Å². The smallest absolute Gasteiger partial charge is 0.489 e. The van der Waals surface area contributed by atoms with Crippen LogP contribution in [0.25, 0.3) is 22.3 Å². The molecule has 0 spiro atoms. The molecule has 4 rings (SSSR count). The SMILES string of the molecule is COc1ccc(B(O)O)c(-c2ccccc2)c1.COc1ccc(Br)c(-c2ccccc2)c1. The van der Waals surface area contributed by atoms with Crippen molar-refractivity contribution in [1.29, 1.82) is 0 Å². The van der Waals surface area contributed by atoms with Gasteiger partial charge in [0.1, 0.15) is 11.5 Å². The van der Waals surface area contributed by atoms with Gasteiger partial charge in [0.25, 0.3) is 0 Å². The second kappa shape index (κ2) is 11.5. The lowest BCUT2D eigenvalue weighted by Crippen LogP contribution is -2.31. The minimum atomic E-state index is -1.49. The van der Waals surface area contributed by atoms with Crippen LogP contribution in [0.2, 0.25) is 0 Å². The average molecular weight is 491 g/mol. The van der Waals surface area contributed by atoms with E-state index in [1.165, 1.54) is 5.56 Å². The molecular formula is C26H24BBrO4. The molecule has 2 N–H and O–H groups in total. The van der Waals surface area contributed by atoms with Gasteiger partial charge in [0.15, 0.2) is 0 Å². The predicted octanol–water partition coefficient (Wildman–Crippen LogP) is 5.17. The third-order valence-corrected chi connectivity index (χ3v) is 5.57. The van der Waals surface area contributed by atoms with Gasteiger partial charge in [-0.25, -0.2) is 0 Å². The first-order valence-electron chi connectivity index (χ1n) is 10.0. The van der Waals surface area contributed by atoms with E-state index >= 15 is 0 Å². The first kappa shape index (κ1) is 23.6. The largest absolute Gasteiger partial charge is 0.497 e. The zero-order chi connectivity index (χ0) is 22.9. The molecule has 4 nitrogen and oxygen atoms in total. The van der Waals surface area contributed by atoms with Crippen LogP contribution in [0, 0.1) is 0 Å². The summed E-state index contributed by atoms with van der Waals surface area (Å²) in [7, 11) is 1.77. The fourth-order valence-corrected chi connectivity index (χ4v) is 3.70. The molecule has 0 fully saturated rings. The van der Waals surface area contributed by atoms with Crippen molar-refractivity contribution >= 4 is 28.5 Å². The Balaban J connectivity index is 0.000000182. The minimum absolute atomic E-state index is 0.469. The molecule has 0 aliphatic carbocycles. The average Bonchev–Trinajstić information content (AvgIpc) is 2.85. The number of ether oxygens (including phenoxy) is 2. The van der Waals surface area contributed by atoms with Gasteiger partial charge in [-0.2, -0.15) is 0 Å². The van der Waals surface area contributed by atoms with Crippen molar-refractivity contribution < 1.29 is 19.5 Å². The molecule has 0 unspecified atom stereocenters. The summed E-state index contributed by atoms with van der Waals surface area (Å²) < 4.78 is 11.4. The van der Waals surface area contributed by atoms with Crippen molar-refractivity contribution in [2.24, 2.45) is 0 Å². The van der Waals surface area contributed by atoms with E-state index in [1.807, 2.05) is 66.7 Å². The highest BCUT2D eigenvalue weighted by Gasteiger charge is 2.17. The number of halogens is 1. The van der Waals surface area contributed by atoms with E-state index in [-0.39, 0.29) is 0 Å². The van der Waals surface area contributed by atoms with E-state index in [1.54, 1.807) is 32.4 Å². The molecule has 32 heavy (non-hydrogen) atoms. The van der Waals surface area contributed by atoms with Crippen LogP contribution in [0.3, 0.4) is 0 Å². The lowest BCUT2D eigenvalue weighted by Gasteiger charge is -2.11. The molecule has 0 aromatic heterocycles. The molecule has 0 heterocycles. The third kappa shape index (κ3) is 6.01. The fraction of sp³-hybridized carbons (Fsp3) is 0.0769. The quantitative estimate of drug-likeness (QED) is 0.379. The normalized spacial score (nSPS) is 10.0. The molecule has 0 saturated carbocycles. The summed E-state index contributed by atoms with van der Waals surface area (Å²) in [4.78, 5) is 0. The molecule has 4 aromatic rings. The van der Waals surface area contributed by atoms with Crippen molar-refractivity contribution in [2.45, 2.75) is 0 Å². The zero-order valence-corrected chi connectivity index (χ0v) is 19.5. The van der Waals surface area contributed by atoms with Crippen LogP contribution in [0.5, 0.6) is 11.5 Å². The summed E-state index contributed by atoms with van der Waals surface area (Å²) in [5.74, 6) is 1.56. The summed E-state index contributed by atoms with van der Waals surface area (Å²) >= 11 is 3.54. The lowest BCUT2D eigenvalue weighted by atomic mass is 9.75. The highest BCUT2D eigenvalue weighted by molar-refractivity contribution is 9.10. The van der Waals surface area contributed by atoms with Gasteiger partial charge in [-0.1, -0.05) is 82.7 Å². The van der Waals surface area contributed by atoms with Crippen molar-refractivity contribution in [3.05, 3.63) is 102 Å². The number of rotatable bonds is 5. The summed E-state index contributed by atoms with van der Waals surface area (Å²) in [6.07, 6.45) is 0. The molecule has 0 amide bonds. The Morgan fingerprint density at radius 2 is 1.09 bits per heavy atom. The maximum Gasteiger partial charge on any atom is 0.489 e. The summed E-state index contributed by atoms with van der Waals surface area (Å²) in [5.41, 5.74) is 4.49. The maximum absolute atomic E-state index is 9.34. The minimum Gasteiger partial charge on any atom is -0.497 e. The van der Waals surface area contributed by atoms with Gasteiger partial charge in [0, 0.05) is 4.47 Å². The predicted molar refractivity (Wildman–Crippen MR) is 134 cm³/mol. The van der Waals surface area contributed by atoms with Gasteiger partial charge in [0.2, 0.25) is 0 Å². The fourth-order valence-electron chi connectivity index (χ4n) is 3.23. The Kier molecular flexibility index (Phi) is 8.51. The third-order valence-electron chi connectivity index (χ3n) is 4.88. The van der Waals surface area contributed by atoms with Crippen molar-refractivity contribution in [3.63, 3.8) is 0 Å². The van der Waals surface area contributed by atoms with Gasteiger partial charge < -0.3 is 19.5 Å². The molecule has 162 valence electrons. The molecule has 0 radical (unpaired) electrons. The molecule has 4 aromatic carbocycles. The molecule has 0 aliphatic rings. The Labute approximate surface area is 197 Å². The van der Waals surface area contributed by atoms with E-state index in [2.05, 4.69) is 28.1 Å². The standard InChI is InChI=1S/C13H13BO3.C13H11BrO/c1-17-11-7-8-13(14(15)16)12(9-11)10-5-3-2-4-6-10;1-15-11-7-8-13(14)12(9-11)10-5-3-2-4-6-10/h2-9,15-16H,1H3;2-9H,1H3. The van der Waals surface area contributed by atoms with Gasteiger partial charge in [-0.3, -0.25) is 0 Å². The number of hydrogen-bond acceptors (Lipinski definition) is 4. The van der Waals surface area contributed by atoms with E-state index < -0.39 is 7.12 Å². The summed E-state index contributed by atoms with van der Waals surface area (Å²) in [6.45, 7) is 0. The van der Waals surface area contributed by atoms with Crippen LogP contribution < -0.4 is 14.9 Å². The van der Waals surface area contributed by atoms with Crippen molar-refractivity contribution in [1.82, 2.24) is 0 Å². The van der Waals surface area contributed by atoms with E-state index in [0.29, 0.717) is 11.2 Å². The molecule has 0 aliphatic heterocycles. The van der Waals surface area contributed by atoms with E-state index in [4.69, 9.17) is 9.47 Å². The van der Waals surface area contributed by atoms with Crippen LogP contribution in [0.1, 0.15) is 0 Å². The molecular weight excluding hydrogens is 467 g/mol. The van der Waals surface area contributed by atoms with Gasteiger partial charge in [-0.05, 0) is 58.0 Å². The highest BCUT2D eigenvalue weighted by Crippen LogP contribution is 2.31. The first-order chi connectivity index (χ1) is 15.5. The Morgan fingerprint density at radius 3 is 1.59 bits per heavy atom. The lowest BCUT2D eigenvalue weighted by molar-refractivity contribution is 0.414. The second-order valence-electron chi connectivity index (χ2n) is 6.90. The van der Waals surface area contributed by atoms with Crippen LogP contribution in [-0.2, 0) is 0 Å². The van der Waals surface area contributed by atoms with Gasteiger partial charge in [-0.15, -0.1) is 0 Å². The second-order valence-corrected chi connectivity index (χ2v) is 7.76. The molecule has 0 bridgehead atoms. The van der Waals surface area contributed by atoms with Crippen molar-refractivity contribution in [3.8, 4) is 33.8 Å². The Morgan fingerprint density at radius 1 is 0.625 bits per heavy atom. The Bertz CT molecular complexity index is 1140. The van der Waals surface area contributed by atoms with Crippen molar-refractivity contribution in [2.75, 3.05) is 14.2 Å². The summed E-state index contributed by atoms with van der Waals surface area (Å²) in [5, 5.41) is 18.7. The maximum atomic E-state index is 9.34. The Hall–Kier alpha value is -3.06. The topological polar surface area (TPSA) is 58.9 Å². The molecule has 0 atom stereocenters. The highest BCUT2D eigenvalue weighted by atomic mass is 79.9. The van der Waals surface area contributed by atoms with E-state index in [9.17, 15) is 10.0 Å².